The van der Waals surface area contributed by atoms with Crippen molar-refractivity contribution in [2.45, 2.75) is 19.5 Å². The van der Waals surface area contributed by atoms with Crippen molar-refractivity contribution in [1.82, 2.24) is 30.4 Å². The minimum absolute atomic E-state index is 0.104. The molecule has 0 aliphatic carbocycles. The summed E-state index contributed by atoms with van der Waals surface area (Å²) in [5.41, 5.74) is 1.75. The number of aromatic nitrogens is 4. The Kier molecular flexibility index (Phi) is 4.46. The number of urea groups is 1. The molecule has 2 aromatic rings. The molecule has 1 N–H and O–H groups in total. The number of hydrogen-bond acceptors (Lipinski definition) is 6. The van der Waals surface area contributed by atoms with E-state index in [1.165, 1.54) is 16.9 Å². The Morgan fingerprint density at radius 1 is 1.32 bits per heavy atom. The number of nitrogens with zero attached hydrogens (tertiary/aromatic N) is 5. The monoisotopic (exact) mass is 342 g/mol. The van der Waals surface area contributed by atoms with Crippen LogP contribution in [0.1, 0.15) is 24.4 Å². The van der Waals surface area contributed by atoms with Crippen LogP contribution in [0.3, 0.4) is 0 Å². The molecule has 130 valence electrons. The fourth-order valence-corrected chi connectivity index (χ4v) is 2.89. The first-order valence-corrected chi connectivity index (χ1v) is 7.65. The van der Waals surface area contributed by atoms with Crippen LogP contribution in [0.15, 0.2) is 41.6 Å². The first-order chi connectivity index (χ1) is 12.0. The molecule has 0 spiro atoms. The number of amides is 2. The highest BCUT2D eigenvalue weighted by atomic mass is 16.5. The number of ether oxygens (including phenoxy) is 1. The third kappa shape index (κ3) is 2.95. The van der Waals surface area contributed by atoms with Gasteiger partial charge < -0.3 is 14.5 Å². The number of nitrogens with one attached hydrogen (secondary N) is 1. The number of benzene rings is 1. The van der Waals surface area contributed by atoms with Crippen molar-refractivity contribution in [3.05, 3.63) is 53.0 Å². The summed E-state index contributed by atoms with van der Waals surface area (Å²) in [6.45, 7) is 1.83. The summed E-state index contributed by atoms with van der Waals surface area (Å²) < 4.78 is 4.97. The minimum atomic E-state index is -0.601. The van der Waals surface area contributed by atoms with E-state index in [1.54, 1.807) is 14.0 Å². The second kappa shape index (κ2) is 6.71. The highest BCUT2D eigenvalue weighted by Crippen LogP contribution is 2.37. The lowest BCUT2D eigenvalue weighted by Gasteiger charge is -2.40. The molecule has 1 aromatic heterocycles. The van der Waals surface area contributed by atoms with Crippen molar-refractivity contribution >= 4 is 12.0 Å². The van der Waals surface area contributed by atoms with Crippen LogP contribution in [0, 0.1) is 0 Å². The van der Waals surface area contributed by atoms with Crippen LogP contribution < -0.4 is 0 Å². The van der Waals surface area contributed by atoms with E-state index in [1.807, 2.05) is 30.3 Å². The first kappa shape index (κ1) is 16.6. The Hall–Kier alpha value is -3.23. The average molecular weight is 342 g/mol. The molecule has 25 heavy (non-hydrogen) atoms. The molecule has 1 aromatic carbocycles. The smallest absolute Gasteiger partial charge is 0.337 e. The minimum Gasteiger partial charge on any atom is -0.466 e. The maximum absolute atomic E-state index is 12.9. The zero-order chi connectivity index (χ0) is 18.0. The summed E-state index contributed by atoms with van der Waals surface area (Å²) in [7, 11) is 2.94. The molecule has 0 saturated heterocycles. The molecule has 3 rings (SSSR count). The largest absolute Gasteiger partial charge is 0.466 e. The van der Waals surface area contributed by atoms with E-state index in [4.69, 9.17) is 4.74 Å². The molecule has 1 unspecified atom stereocenters. The number of H-pyrrole nitrogens is 1. The predicted octanol–water partition coefficient (Wildman–Crippen LogP) is 1.26. The molecule has 9 heteroatoms. The summed E-state index contributed by atoms with van der Waals surface area (Å²) in [4.78, 5) is 28.3. The number of esters is 1. The van der Waals surface area contributed by atoms with E-state index in [-0.39, 0.29) is 12.6 Å². The summed E-state index contributed by atoms with van der Waals surface area (Å²) in [5.74, 6) is -0.129. The zero-order valence-corrected chi connectivity index (χ0v) is 14.1. The van der Waals surface area contributed by atoms with Gasteiger partial charge in [0.05, 0.1) is 25.3 Å². The van der Waals surface area contributed by atoms with E-state index in [9.17, 15) is 9.59 Å². The maximum Gasteiger partial charge on any atom is 0.337 e. The van der Waals surface area contributed by atoms with E-state index in [2.05, 4.69) is 20.6 Å². The van der Waals surface area contributed by atoms with Gasteiger partial charge in [0, 0.05) is 12.7 Å². The van der Waals surface area contributed by atoms with Crippen molar-refractivity contribution in [2.24, 2.45) is 0 Å². The van der Waals surface area contributed by atoms with Crippen molar-refractivity contribution in [3.63, 3.8) is 0 Å². The van der Waals surface area contributed by atoms with Crippen LogP contribution in [0.5, 0.6) is 0 Å². The molecular weight excluding hydrogens is 324 g/mol. The zero-order valence-electron chi connectivity index (χ0n) is 14.1. The second-order valence-corrected chi connectivity index (χ2v) is 5.60. The molecule has 2 amide bonds. The third-order valence-electron chi connectivity index (χ3n) is 4.23. The highest BCUT2D eigenvalue weighted by Gasteiger charge is 2.41. The number of carbonyl (C=O) groups is 2. The van der Waals surface area contributed by atoms with Gasteiger partial charge in [0.1, 0.15) is 0 Å². The predicted molar refractivity (Wildman–Crippen MR) is 86.8 cm³/mol. The van der Waals surface area contributed by atoms with Crippen LogP contribution >= 0.6 is 0 Å². The van der Waals surface area contributed by atoms with Gasteiger partial charge in [-0.25, -0.2) is 9.59 Å². The Morgan fingerprint density at radius 2 is 2.04 bits per heavy atom. The molecule has 0 saturated carbocycles. The van der Waals surface area contributed by atoms with Crippen LogP contribution in [-0.2, 0) is 16.1 Å². The molecule has 2 heterocycles. The SMILES string of the molecule is COC(=O)C1=C(C)N(C)C(=O)N(Cc2nn[nH]n2)C1c1ccccc1. The van der Waals surface area contributed by atoms with Crippen molar-refractivity contribution in [2.75, 3.05) is 14.2 Å². The van der Waals surface area contributed by atoms with E-state index >= 15 is 0 Å². The van der Waals surface area contributed by atoms with Crippen LogP contribution in [-0.4, -0.2) is 56.6 Å². The molecular formula is C16H18N6O3. The lowest BCUT2D eigenvalue weighted by molar-refractivity contribution is -0.137. The van der Waals surface area contributed by atoms with Crippen LogP contribution in [0.4, 0.5) is 4.79 Å². The second-order valence-electron chi connectivity index (χ2n) is 5.60. The number of rotatable bonds is 4. The number of hydrogen-bond donors (Lipinski definition) is 1. The van der Waals surface area contributed by atoms with Gasteiger partial charge in [-0.1, -0.05) is 35.5 Å². The number of tetrazole rings is 1. The van der Waals surface area contributed by atoms with Gasteiger partial charge in [-0.05, 0) is 12.5 Å². The normalized spacial score (nSPS) is 17.9. The van der Waals surface area contributed by atoms with Crippen molar-refractivity contribution < 1.29 is 14.3 Å². The molecule has 1 atom stereocenters. The van der Waals surface area contributed by atoms with Gasteiger partial charge in [0.2, 0.25) is 0 Å². The lowest BCUT2D eigenvalue weighted by atomic mass is 9.93. The summed E-state index contributed by atoms with van der Waals surface area (Å²) >= 11 is 0. The van der Waals surface area contributed by atoms with Crippen molar-refractivity contribution in [1.29, 1.82) is 0 Å². The molecule has 0 bridgehead atoms. The van der Waals surface area contributed by atoms with E-state index in [0.717, 1.165) is 5.56 Å². The fraction of sp³-hybridized carbons (Fsp3) is 0.312. The number of aromatic amines is 1. The van der Waals surface area contributed by atoms with Gasteiger partial charge in [-0.2, -0.15) is 5.21 Å². The quantitative estimate of drug-likeness (QED) is 0.839. The number of methoxy groups -OCH3 is 1. The number of carbonyl (C=O) groups excluding carboxylic acids is 2. The van der Waals surface area contributed by atoms with Gasteiger partial charge >= 0.3 is 12.0 Å². The number of allylic oxidation sites excluding steroid dienone is 1. The molecule has 1 aliphatic heterocycles. The average Bonchev–Trinajstić information content (AvgIpc) is 3.15. The van der Waals surface area contributed by atoms with Crippen LogP contribution in [0.25, 0.3) is 0 Å². The summed E-state index contributed by atoms with van der Waals surface area (Å²) in [6, 6.07) is 8.45. The van der Waals surface area contributed by atoms with Crippen LogP contribution in [0.2, 0.25) is 0 Å². The van der Waals surface area contributed by atoms with Gasteiger partial charge in [-0.3, -0.25) is 0 Å². The van der Waals surface area contributed by atoms with Gasteiger partial charge in [0.15, 0.2) is 5.82 Å². The fourth-order valence-electron chi connectivity index (χ4n) is 2.89. The summed E-state index contributed by atoms with van der Waals surface area (Å²) in [6.07, 6.45) is 0. The first-order valence-electron chi connectivity index (χ1n) is 7.65. The highest BCUT2D eigenvalue weighted by molar-refractivity contribution is 5.94. The molecule has 0 fully saturated rings. The van der Waals surface area contributed by atoms with Crippen molar-refractivity contribution in [3.8, 4) is 0 Å². The Balaban J connectivity index is 2.14. The van der Waals surface area contributed by atoms with Gasteiger partial charge in [-0.15, -0.1) is 10.2 Å². The topological polar surface area (TPSA) is 104 Å². The Labute approximate surface area is 144 Å². The van der Waals surface area contributed by atoms with E-state index in [0.29, 0.717) is 17.1 Å². The Morgan fingerprint density at radius 3 is 2.64 bits per heavy atom. The third-order valence-corrected chi connectivity index (χ3v) is 4.23. The Bertz CT molecular complexity index is 803. The molecule has 9 nitrogen and oxygen atoms in total. The van der Waals surface area contributed by atoms with Gasteiger partial charge in [0.25, 0.3) is 0 Å². The molecule has 0 radical (unpaired) electrons. The molecule has 1 aliphatic rings. The summed E-state index contributed by atoms with van der Waals surface area (Å²) in [5, 5.41) is 13.7. The standard InChI is InChI=1S/C16H18N6O3/c1-10-13(15(23)25-3)14(11-7-5-4-6-8-11)22(16(24)21(10)2)9-12-17-19-20-18-12/h4-8,14H,9H2,1-3H3,(H,17,18,19,20). The van der Waals surface area contributed by atoms with E-state index < -0.39 is 12.0 Å². The maximum atomic E-state index is 12.9. The lowest BCUT2D eigenvalue weighted by Crippen LogP contribution is -2.48.